The van der Waals surface area contributed by atoms with Crippen LogP contribution in [0.2, 0.25) is 0 Å². The summed E-state index contributed by atoms with van der Waals surface area (Å²) in [5.41, 5.74) is 0.928. The van der Waals surface area contributed by atoms with Crippen molar-refractivity contribution < 1.29 is 14.3 Å². The van der Waals surface area contributed by atoms with E-state index in [-0.39, 0.29) is 18.2 Å². The summed E-state index contributed by atoms with van der Waals surface area (Å²) in [6.45, 7) is -0.436. The lowest BCUT2D eigenvalue weighted by Gasteiger charge is -2.00. The van der Waals surface area contributed by atoms with Gasteiger partial charge in [0.1, 0.15) is 12.4 Å². The van der Waals surface area contributed by atoms with Crippen LogP contribution < -0.4 is 5.32 Å². The molecule has 0 spiro atoms. The van der Waals surface area contributed by atoms with Gasteiger partial charge < -0.3 is 10.4 Å². The molecular weight excluding hydrogens is 277 g/mol. The number of alkyl halides is 1. The SMILES string of the molecule is O=C(Nc1n[nH]c2cc(O)ccc12)c1cnn(CCF)c1. The number of nitrogens with zero attached hydrogens (tertiary/aromatic N) is 3. The molecule has 0 bridgehead atoms. The number of aromatic hydroxyl groups is 1. The number of halogens is 1. The summed E-state index contributed by atoms with van der Waals surface area (Å²) in [6, 6.07) is 4.67. The molecule has 21 heavy (non-hydrogen) atoms. The number of phenolic OH excluding ortho intramolecular Hbond substituents is 1. The van der Waals surface area contributed by atoms with E-state index >= 15 is 0 Å². The Morgan fingerprint density at radius 1 is 1.48 bits per heavy atom. The lowest BCUT2D eigenvalue weighted by atomic mass is 10.2. The first kappa shape index (κ1) is 13.1. The molecule has 1 aromatic carbocycles. The van der Waals surface area contributed by atoms with Gasteiger partial charge in [-0.15, -0.1) is 0 Å². The van der Waals surface area contributed by atoms with Gasteiger partial charge in [0.25, 0.3) is 5.91 Å². The minimum Gasteiger partial charge on any atom is -0.508 e. The molecule has 0 saturated carbocycles. The van der Waals surface area contributed by atoms with Gasteiger partial charge in [-0.05, 0) is 12.1 Å². The van der Waals surface area contributed by atoms with Gasteiger partial charge in [-0.3, -0.25) is 14.6 Å². The van der Waals surface area contributed by atoms with E-state index in [1.165, 1.54) is 29.2 Å². The average molecular weight is 289 g/mol. The van der Waals surface area contributed by atoms with Crippen molar-refractivity contribution in [2.75, 3.05) is 12.0 Å². The smallest absolute Gasteiger partial charge is 0.260 e. The largest absolute Gasteiger partial charge is 0.508 e. The quantitative estimate of drug-likeness (QED) is 0.681. The van der Waals surface area contributed by atoms with Crippen LogP contribution in [0, 0.1) is 0 Å². The van der Waals surface area contributed by atoms with Crippen molar-refractivity contribution in [3.8, 4) is 5.75 Å². The fourth-order valence-corrected chi connectivity index (χ4v) is 1.97. The highest BCUT2D eigenvalue weighted by atomic mass is 19.1. The van der Waals surface area contributed by atoms with Crippen molar-refractivity contribution in [3.05, 3.63) is 36.2 Å². The summed E-state index contributed by atoms with van der Waals surface area (Å²) in [7, 11) is 0. The topological polar surface area (TPSA) is 95.8 Å². The van der Waals surface area contributed by atoms with Gasteiger partial charge in [-0.2, -0.15) is 10.2 Å². The van der Waals surface area contributed by atoms with Crippen molar-refractivity contribution in [2.45, 2.75) is 6.54 Å². The number of hydrogen-bond acceptors (Lipinski definition) is 4. The maximum absolute atomic E-state index is 12.2. The molecule has 108 valence electrons. The molecule has 0 fully saturated rings. The molecule has 0 aliphatic rings. The predicted octanol–water partition coefficient (Wildman–Crippen LogP) is 1.69. The minimum absolute atomic E-state index is 0.108. The third-order valence-electron chi connectivity index (χ3n) is 2.99. The van der Waals surface area contributed by atoms with E-state index in [0.29, 0.717) is 22.3 Å². The van der Waals surface area contributed by atoms with Crippen LogP contribution in [0.15, 0.2) is 30.6 Å². The van der Waals surface area contributed by atoms with Crippen molar-refractivity contribution in [3.63, 3.8) is 0 Å². The lowest BCUT2D eigenvalue weighted by molar-refractivity contribution is 0.102. The highest BCUT2D eigenvalue weighted by Crippen LogP contribution is 2.24. The number of fused-ring (bicyclic) bond motifs is 1. The zero-order valence-electron chi connectivity index (χ0n) is 10.9. The van der Waals surface area contributed by atoms with Crippen molar-refractivity contribution in [1.29, 1.82) is 0 Å². The Labute approximate surface area is 118 Å². The first-order valence-electron chi connectivity index (χ1n) is 6.24. The van der Waals surface area contributed by atoms with Crippen LogP contribution in [0.25, 0.3) is 10.9 Å². The van der Waals surface area contributed by atoms with Crippen molar-refractivity contribution in [1.82, 2.24) is 20.0 Å². The van der Waals surface area contributed by atoms with E-state index < -0.39 is 6.67 Å². The predicted molar refractivity (Wildman–Crippen MR) is 73.9 cm³/mol. The Hall–Kier alpha value is -2.90. The Bertz CT molecular complexity index is 795. The molecule has 0 aliphatic heterocycles. The second-order valence-electron chi connectivity index (χ2n) is 4.44. The highest BCUT2D eigenvalue weighted by Gasteiger charge is 2.13. The van der Waals surface area contributed by atoms with Crippen LogP contribution in [-0.4, -0.2) is 37.7 Å². The summed E-state index contributed by atoms with van der Waals surface area (Å²) in [5.74, 6) is 0.0753. The van der Waals surface area contributed by atoms with Gasteiger partial charge in [0.05, 0.1) is 23.8 Å². The molecule has 0 atom stereocenters. The summed E-state index contributed by atoms with van der Waals surface area (Å²) in [5, 5.41) is 23.3. The number of rotatable bonds is 4. The highest BCUT2D eigenvalue weighted by molar-refractivity contribution is 6.07. The Balaban J connectivity index is 1.82. The number of H-pyrrole nitrogens is 1. The van der Waals surface area contributed by atoms with Crippen LogP contribution in [0.5, 0.6) is 5.75 Å². The van der Waals surface area contributed by atoms with Crippen LogP contribution in [0.1, 0.15) is 10.4 Å². The Morgan fingerprint density at radius 2 is 2.33 bits per heavy atom. The van der Waals surface area contributed by atoms with E-state index in [4.69, 9.17) is 0 Å². The molecular formula is C13H12FN5O2. The van der Waals surface area contributed by atoms with Crippen molar-refractivity contribution >= 4 is 22.6 Å². The molecule has 0 radical (unpaired) electrons. The Morgan fingerprint density at radius 3 is 3.14 bits per heavy atom. The fraction of sp³-hybridized carbons (Fsp3) is 0.154. The van der Waals surface area contributed by atoms with E-state index in [9.17, 15) is 14.3 Å². The number of aryl methyl sites for hydroxylation is 1. The Kier molecular flexibility index (Phi) is 3.27. The first-order valence-corrected chi connectivity index (χ1v) is 6.24. The molecule has 8 heteroatoms. The van der Waals surface area contributed by atoms with Crippen LogP contribution in [0.3, 0.4) is 0 Å². The summed E-state index contributed by atoms with van der Waals surface area (Å²) < 4.78 is 13.6. The fourth-order valence-electron chi connectivity index (χ4n) is 1.97. The number of amides is 1. The van der Waals surface area contributed by atoms with Gasteiger partial charge in [-0.1, -0.05) is 0 Å². The zero-order chi connectivity index (χ0) is 14.8. The summed E-state index contributed by atoms with van der Waals surface area (Å²) in [6.07, 6.45) is 2.83. The van der Waals surface area contributed by atoms with E-state index in [1.807, 2.05) is 0 Å². The molecule has 2 aromatic heterocycles. The molecule has 1 amide bonds. The molecule has 3 N–H and O–H groups in total. The molecule has 3 aromatic rings. The molecule has 0 unspecified atom stereocenters. The van der Waals surface area contributed by atoms with Crippen LogP contribution >= 0.6 is 0 Å². The van der Waals surface area contributed by atoms with E-state index in [2.05, 4.69) is 20.6 Å². The van der Waals surface area contributed by atoms with Gasteiger partial charge in [0, 0.05) is 17.6 Å². The standard InChI is InChI=1S/C13H12FN5O2/c14-3-4-19-7-8(6-15-19)13(21)16-12-10-2-1-9(20)5-11(10)17-18-12/h1-2,5-7,20H,3-4H2,(H2,16,17,18,21). The molecule has 7 nitrogen and oxygen atoms in total. The second-order valence-corrected chi connectivity index (χ2v) is 4.44. The summed E-state index contributed by atoms with van der Waals surface area (Å²) in [4.78, 5) is 12.1. The number of carbonyl (C=O) groups excluding carboxylic acids is 1. The third-order valence-corrected chi connectivity index (χ3v) is 2.99. The number of phenols is 1. The third kappa shape index (κ3) is 2.55. The minimum atomic E-state index is -0.545. The summed E-state index contributed by atoms with van der Waals surface area (Å²) >= 11 is 0. The lowest BCUT2D eigenvalue weighted by Crippen LogP contribution is -2.11. The average Bonchev–Trinajstić information content (AvgIpc) is 3.06. The van der Waals surface area contributed by atoms with E-state index in [0.717, 1.165) is 0 Å². The molecule has 3 rings (SSSR count). The zero-order valence-corrected chi connectivity index (χ0v) is 10.9. The number of anilines is 1. The normalized spacial score (nSPS) is 10.9. The number of nitrogens with one attached hydrogen (secondary N) is 2. The van der Waals surface area contributed by atoms with Crippen molar-refractivity contribution in [2.24, 2.45) is 0 Å². The van der Waals surface area contributed by atoms with E-state index in [1.54, 1.807) is 6.07 Å². The maximum atomic E-state index is 12.2. The van der Waals surface area contributed by atoms with Crippen LogP contribution in [0.4, 0.5) is 10.2 Å². The second kappa shape index (κ2) is 5.23. The molecule has 0 aliphatic carbocycles. The number of aromatic amines is 1. The molecule has 2 heterocycles. The van der Waals surface area contributed by atoms with Gasteiger partial charge in [0.15, 0.2) is 5.82 Å². The molecule has 0 saturated heterocycles. The van der Waals surface area contributed by atoms with Gasteiger partial charge in [-0.25, -0.2) is 4.39 Å². The number of hydrogen-bond donors (Lipinski definition) is 3. The monoisotopic (exact) mass is 289 g/mol. The number of carbonyl (C=O) groups is 1. The maximum Gasteiger partial charge on any atom is 0.260 e. The first-order chi connectivity index (χ1) is 10.2. The van der Waals surface area contributed by atoms with Crippen LogP contribution in [-0.2, 0) is 6.54 Å². The number of aromatic nitrogens is 4. The van der Waals surface area contributed by atoms with Gasteiger partial charge in [0.2, 0.25) is 0 Å². The number of benzene rings is 1. The van der Waals surface area contributed by atoms with Gasteiger partial charge >= 0.3 is 0 Å².